The van der Waals surface area contributed by atoms with Crippen molar-refractivity contribution in [2.24, 2.45) is 0 Å². The van der Waals surface area contributed by atoms with E-state index in [2.05, 4.69) is 0 Å². The number of hydrogen-bond acceptors (Lipinski definition) is 3. The van der Waals surface area contributed by atoms with E-state index in [-0.39, 0.29) is 10.5 Å². The van der Waals surface area contributed by atoms with Gasteiger partial charge in [-0.05, 0) is 29.3 Å². The molecule has 62 valence electrons. The zero-order valence-electron chi connectivity index (χ0n) is 5.78. The third-order valence-corrected chi connectivity index (χ3v) is 1.89. The van der Waals surface area contributed by atoms with Crippen molar-refractivity contribution < 1.29 is 13.2 Å². The van der Waals surface area contributed by atoms with Crippen molar-refractivity contribution in [1.82, 2.24) is 0 Å². The molecule has 0 heterocycles. The highest BCUT2D eigenvalue weighted by Crippen LogP contribution is 2.11. The van der Waals surface area contributed by atoms with E-state index in [0.717, 1.165) is 18.2 Å². The monoisotopic (exact) mass is 184 g/mol. The second-order valence-corrected chi connectivity index (χ2v) is 2.93. The van der Waals surface area contributed by atoms with Crippen LogP contribution in [0.25, 0.3) is 0 Å². The van der Waals surface area contributed by atoms with Crippen LogP contribution < -0.4 is 0 Å². The van der Waals surface area contributed by atoms with E-state index in [9.17, 15) is 13.2 Å². The largest absolute Gasteiger partial charge is 0.768 e. The molecule has 0 amide bonds. The second-order valence-electron chi connectivity index (χ2n) is 1.99. The predicted octanol–water partition coefficient (Wildman–Crippen LogP) is 0.935. The smallest absolute Gasteiger partial charge is 0.141 e. The van der Waals surface area contributed by atoms with Crippen LogP contribution in [-0.2, 0) is 11.1 Å². The Morgan fingerprint density at radius 2 is 2.25 bits per heavy atom. The third-order valence-electron chi connectivity index (χ3n) is 1.25. The van der Waals surface area contributed by atoms with Crippen LogP contribution in [0.3, 0.4) is 0 Å². The summed E-state index contributed by atoms with van der Waals surface area (Å²) in [5, 5.41) is 8.33. The lowest BCUT2D eigenvalue weighted by Gasteiger charge is -2.04. The molecule has 0 aliphatic carbocycles. The Kier molecular flexibility index (Phi) is 2.53. The third kappa shape index (κ3) is 1.67. The summed E-state index contributed by atoms with van der Waals surface area (Å²) in [5.74, 6) is -0.716. The molecule has 0 fully saturated rings. The quantitative estimate of drug-likeness (QED) is 0.610. The lowest BCUT2D eigenvalue weighted by molar-refractivity contribution is 0.536. The van der Waals surface area contributed by atoms with Gasteiger partial charge >= 0.3 is 0 Å². The Labute approximate surface area is 70.7 Å². The van der Waals surface area contributed by atoms with Gasteiger partial charge in [-0.15, -0.1) is 0 Å². The molecular formula is C7H3FNO2S-. The van der Waals surface area contributed by atoms with Crippen molar-refractivity contribution >= 4 is 11.1 Å². The first-order chi connectivity index (χ1) is 5.65. The van der Waals surface area contributed by atoms with Crippen molar-refractivity contribution in [2.45, 2.75) is 4.90 Å². The molecule has 0 bridgehead atoms. The highest BCUT2D eigenvalue weighted by atomic mass is 32.2. The van der Waals surface area contributed by atoms with Gasteiger partial charge in [-0.1, -0.05) is 0 Å². The van der Waals surface area contributed by atoms with Gasteiger partial charge in [0.05, 0.1) is 5.56 Å². The van der Waals surface area contributed by atoms with Crippen LogP contribution in [0.5, 0.6) is 0 Å². The number of benzene rings is 1. The van der Waals surface area contributed by atoms with Crippen LogP contribution in [0.4, 0.5) is 4.39 Å². The molecule has 3 nitrogen and oxygen atoms in total. The standard InChI is InChI=1S/C7H4FNO2S/c8-7-2-1-6(12(10)11)3-5(7)4-9/h1-3H,(H,10,11)/p-1. The van der Waals surface area contributed by atoms with Gasteiger partial charge in [0.2, 0.25) is 0 Å². The Morgan fingerprint density at radius 1 is 1.58 bits per heavy atom. The molecule has 0 saturated carbocycles. The summed E-state index contributed by atoms with van der Waals surface area (Å²) in [6.45, 7) is 0. The maximum atomic E-state index is 12.6. The zero-order valence-corrected chi connectivity index (χ0v) is 6.60. The van der Waals surface area contributed by atoms with Crippen molar-refractivity contribution in [1.29, 1.82) is 5.26 Å². The number of hydrogen-bond donors (Lipinski definition) is 0. The molecule has 0 spiro atoms. The summed E-state index contributed by atoms with van der Waals surface area (Å²) >= 11 is -2.42. The fraction of sp³-hybridized carbons (Fsp3) is 0. The van der Waals surface area contributed by atoms with Crippen molar-refractivity contribution in [3.8, 4) is 6.07 Å². The highest BCUT2D eigenvalue weighted by molar-refractivity contribution is 7.79. The molecule has 1 aromatic rings. The van der Waals surface area contributed by atoms with E-state index in [4.69, 9.17) is 5.26 Å². The molecule has 12 heavy (non-hydrogen) atoms. The Morgan fingerprint density at radius 3 is 2.75 bits per heavy atom. The molecule has 0 aromatic heterocycles. The summed E-state index contributed by atoms with van der Waals surface area (Å²) in [6.07, 6.45) is 0. The molecule has 5 heteroatoms. The molecular weight excluding hydrogens is 181 g/mol. The second kappa shape index (κ2) is 3.43. The molecule has 0 aliphatic heterocycles. The Balaban J connectivity index is 3.25. The van der Waals surface area contributed by atoms with Gasteiger partial charge in [-0.2, -0.15) is 5.26 Å². The maximum Gasteiger partial charge on any atom is 0.141 e. The minimum atomic E-state index is -2.42. The van der Waals surface area contributed by atoms with Gasteiger partial charge in [-0.25, -0.2) is 4.39 Å². The fourth-order valence-corrected chi connectivity index (χ4v) is 1.09. The normalized spacial score (nSPS) is 12.1. The number of nitriles is 1. The SMILES string of the molecule is N#Cc1cc(S(=O)[O-])ccc1F. The lowest BCUT2D eigenvalue weighted by Crippen LogP contribution is -1.91. The topological polar surface area (TPSA) is 63.9 Å². The average molecular weight is 184 g/mol. The van der Waals surface area contributed by atoms with Crippen molar-refractivity contribution in [3.63, 3.8) is 0 Å². The number of nitrogens with zero attached hydrogens (tertiary/aromatic N) is 1. The van der Waals surface area contributed by atoms with Crippen LogP contribution in [0.15, 0.2) is 23.1 Å². The zero-order chi connectivity index (χ0) is 9.14. The predicted molar refractivity (Wildman–Crippen MR) is 38.3 cm³/mol. The fourth-order valence-electron chi connectivity index (χ4n) is 0.694. The summed E-state index contributed by atoms with van der Waals surface area (Å²) in [6, 6.07) is 4.57. The Hall–Kier alpha value is -1.25. The van der Waals surface area contributed by atoms with E-state index in [1.54, 1.807) is 6.07 Å². The lowest BCUT2D eigenvalue weighted by atomic mass is 10.2. The average Bonchev–Trinajstić information content (AvgIpc) is 2.05. The van der Waals surface area contributed by atoms with Crippen LogP contribution in [0.1, 0.15) is 5.56 Å². The van der Waals surface area contributed by atoms with Crippen LogP contribution in [0.2, 0.25) is 0 Å². The highest BCUT2D eigenvalue weighted by Gasteiger charge is 2.01. The summed E-state index contributed by atoms with van der Waals surface area (Å²) in [7, 11) is 0. The van der Waals surface area contributed by atoms with Gasteiger partial charge < -0.3 is 4.55 Å². The van der Waals surface area contributed by atoms with Gasteiger partial charge in [-0.3, -0.25) is 4.21 Å². The number of rotatable bonds is 1. The minimum Gasteiger partial charge on any atom is -0.768 e. The first kappa shape index (κ1) is 8.84. The van der Waals surface area contributed by atoms with Crippen LogP contribution in [-0.4, -0.2) is 8.76 Å². The molecule has 1 atom stereocenters. The molecule has 0 aliphatic rings. The van der Waals surface area contributed by atoms with Gasteiger partial charge in [0.1, 0.15) is 11.9 Å². The first-order valence-electron chi connectivity index (χ1n) is 2.94. The van der Waals surface area contributed by atoms with Gasteiger partial charge in [0, 0.05) is 4.90 Å². The summed E-state index contributed by atoms with van der Waals surface area (Å²) in [4.78, 5) is -0.0899. The van der Waals surface area contributed by atoms with Gasteiger partial charge in [0.25, 0.3) is 0 Å². The van der Waals surface area contributed by atoms with Gasteiger partial charge in [0.15, 0.2) is 0 Å². The molecule has 0 radical (unpaired) electrons. The Bertz CT molecular complexity index is 372. The summed E-state index contributed by atoms with van der Waals surface area (Å²) < 4.78 is 33.3. The molecule has 1 aromatic carbocycles. The van der Waals surface area contributed by atoms with Crippen molar-refractivity contribution in [3.05, 3.63) is 29.6 Å². The van der Waals surface area contributed by atoms with Crippen LogP contribution in [0, 0.1) is 17.1 Å². The van der Waals surface area contributed by atoms with E-state index in [1.165, 1.54) is 0 Å². The number of halogens is 1. The first-order valence-corrected chi connectivity index (χ1v) is 4.01. The van der Waals surface area contributed by atoms with E-state index < -0.39 is 16.9 Å². The molecule has 1 rings (SSSR count). The van der Waals surface area contributed by atoms with E-state index >= 15 is 0 Å². The summed E-state index contributed by atoms with van der Waals surface area (Å²) in [5.41, 5.74) is -0.267. The van der Waals surface area contributed by atoms with E-state index in [1.807, 2.05) is 0 Å². The molecule has 0 saturated heterocycles. The molecule has 1 unspecified atom stereocenters. The van der Waals surface area contributed by atoms with Crippen molar-refractivity contribution in [2.75, 3.05) is 0 Å². The molecule has 0 N–H and O–H groups in total. The van der Waals surface area contributed by atoms with Crippen LogP contribution >= 0.6 is 0 Å². The minimum absolute atomic E-state index is 0.0899. The van der Waals surface area contributed by atoms with E-state index in [0.29, 0.717) is 0 Å². The maximum absolute atomic E-state index is 12.6.